The summed E-state index contributed by atoms with van der Waals surface area (Å²) in [6, 6.07) is 7.15. The molecule has 0 unspecified atom stereocenters. The number of nitriles is 1. The number of anilines is 1. The van der Waals surface area contributed by atoms with E-state index in [0.29, 0.717) is 49.1 Å². The minimum atomic E-state index is -3.30. The summed E-state index contributed by atoms with van der Waals surface area (Å²) in [5.41, 5.74) is -1.76. The van der Waals surface area contributed by atoms with E-state index in [2.05, 4.69) is 16.5 Å². The highest BCUT2D eigenvalue weighted by Gasteiger charge is 2.47. The molecule has 2 aliphatic carbocycles. The minimum absolute atomic E-state index is 0.0540. The molecule has 7 rings (SSSR count). The number of aromatic nitrogens is 3. The summed E-state index contributed by atoms with van der Waals surface area (Å²) in [5.74, 6) is -3.31. The molecule has 2 fully saturated rings. The smallest absolute Gasteiger partial charge is 0.291 e. The normalized spacial score (nSPS) is 25.2. The minimum Gasteiger partial charge on any atom is -0.361 e. The average Bonchev–Trinajstić information content (AvgIpc) is 3.73. The van der Waals surface area contributed by atoms with Crippen LogP contribution in [0.25, 0.3) is 10.9 Å². The Labute approximate surface area is 242 Å². The molecule has 1 aromatic carbocycles. The molecule has 0 radical (unpaired) electrons. The van der Waals surface area contributed by atoms with Gasteiger partial charge in [-0.3, -0.25) is 9.59 Å². The van der Waals surface area contributed by atoms with Crippen LogP contribution >= 0.6 is 0 Å². The summed E-state index contributed by atoms with van der Waals surface area (Å²) in [4.78, 5) is 27.2. The van der Waals surface area contributed by atoms with Crippen LogP contribution in [-0.2, 0) is 24.9 Å². The Morgan fingerprint density at radius 2 is 1.76 bits per heavy atom. The molecule has 2 aromatic heterocycles. The second-order valence-corrected chi connectivity index (χ2v) is 12.6. The van der Waals surface area contributed by atoms with Gasteiger partial charge in [0.1, 0.15) is 11.3 Å². The van der Waals surface area contributed by atoms with Gasteiger partial charge in [-0.05, 0) is 63.4 Å². The standard InChI is InChI=1S/C32H36F3N5O2/c1-19-22-8-6-9-24(26(22)33)32(34,35)11-10-21-15-20(16-21)7-4-3-5-14-40-27-23(28(37-19)38-39(2)30(27)42)17-25(29(40)41)31(18-36)12-13-31/h6,8-9,17,19-21H,3-5,7,10-16H2,1-2H3,(H,37,38)/t19-,20?,21?/m1/s1. The van der Waals surface area contributed by atoms with Gasteiger partial charge in [-0.15, -0.1) is 0 Å². The molecule has 0 saturated heterocycles. The largest absolute Gasteiger partial charge is 0.361 e. The molecule has 1 atom stereocenters. The Balaban J connectivity index is 1.50. The summed E-state index contributed by atoms with van der Waals surface area (Å²) in [7, 11) is 1.48. The predicted octanol–water partition coefficient (Wildman–Crippen LogP) is 6.43. The SMILES string of the molecule is C[C@H]1Nc2nn(C)c(=O)c3c2cc(C2(C#N)CC2)c(=O)n3CCCCCC2CC(CCC(F)(F)c3cccc1c3F)C2. The number of pyridine rings is 1. The van der Waals surface area contributed by atoms with E-state index in [1.54, 1.807) is 13.0 Å². The first-order valence-electron chi connectivity index (χ1n) is 15.0. The van der Waals surface area contributed by atoms with Crippen molar-refractivity contribution < 1.29 is 13.2 Å². The van der Waals surface area contributed by atoms with Crippen molar-refractivity contribution in [2.24, 2.45) is 18.9 Å². The van der Waals surface area contributed by atoms with Crippen LogP contribution in [0.3, 0.4) is 0 Å². The van der Waals surface area contributed by atoms with Crippen molar-refractivity contribution in [3.8, 4) is 6.07 Å². The summed E-state index contributed by atoms with van der Waals surface area (Å²) in [6.45, 7) is 1.98. The molecule has 3 aromatic rings. The van der Waals surface area contributed by atoms with Gasteiger partial charge in [-0.25, -0.2) is 17.9 Å². The Morgan fingerprint density at radius 1 is 1.02 bits per heavy atom. The highest BCUT2D eigenvalue weighted by molar-refractivity contribution is 5.89. The van der Waals surface area contributed by atoms with Crippen molar-refractivity contribution >= 4 is 16.7 Å². The maximum atomic E-state index is 15.7. The lowest BCUT2D eigenvalue weighted by atomic mass is 9.70. The number of hydrogen-bond donors (Lipinski definition) is 1. The van der Waals surface area contributed by atoms with Crippen molar-refractivity contribution in [3.05, 3.63) is 67.5 Å². The fraction of sp³-hybridized carbons (Fsp3) is 0.562. The van der Waals surface area contributed by atoms with Crippen LogP contribution in [0, 0.1) is 29.0 Å². The number of rotatable bonds is 1. The number of alkyl halides is 2. The van der Waals surface area contributed by atoms with E-state index in [9.17, 15) is 14.9 Å². The first-order chi connectivity index (χ1) is 20.0. The van der Waals surface area contributed by atoms with E-state index in [1.165, 1.54) is 23.7 Å². The van der Waals surface area contributed by atoms with Crippen molar-refractivity contribution in [2.75, 3.05) is 5.32 Å². The van der Waals surface area contributed by atoms with Gasteiger partial charge in [0, 0.05) is 36.5 Å². The molecule has 7 nitrogen and oxygen atoms in total. The Kier molecular flexibility index (Phi) is 7.19. The summed E-state index contributed by atoms with van der Waals surface area (Å²) in [6.07, 6.45) is 6.39. The third kappa shape index (κ3) is 4.91. The number of benzene rings is 1. The highest BCUT2D eigenvalue weighted by atomic mass is 19.3. The highest BCUT2D eigenvalue weighted by Crippen LogP contribution is 2.47. The van der Waals surface area contributed by atoms with Crippen molar-refractivity contribution in [1.29, 1.82) is 5.26 Å². The first kappa shape index (κ1) is 28.5. The molecule has 10 heteroatoms. The van der Waals surface area contributed by atoms with Crippen molar-refractivity contribution in [3.63, 3.8) is 0 Å². The lowest BCUT2D eigenvalue weighted by Gasteiger charge is -2.36. The zero-order chi connectivity index (χ0) is 29.8. The van der Waals surface area contributed by atoms with E-state index < -0.39 is 34.3 Å². The molecule has 42 heavy (non-hydrogen) atoms. The lowest BCUT2D eigenvalue weighted by molar-refractivity contribution is -0.0288. The van der Waals surface area contributed by atoms with Crippen LogP contribution in [0.4, 0.5) is 19.0 Å². The van der Waals surface area contributed by atoms with Crippen LogP contribution in [0.5, 0.6) is 0 Å². The predicted molar refractivity (Wildman–Crippen MR) is 154 cm³/mol. The molecule has 8 bridgehead atoms. The number of fused-ring (bicyclic) bond motifs is 7. The van der Waals surface area contributed by atoms with Gasteiger partial charge < -0.3 is 9.88 Å². The van der Waals surface area contributed by atoms with Crippen LogP contribution in [0.1, 0.15) is 93.9 Å². The summed E-state index contributed by atoms with van der Waals surface area (Å²) in [5, 5.41) is 17.8. The molecule has 1 N–H and O–H groups in total. The van der Waals surface area contributed by atoms with Gasteiger partial charge in [0.2, 0.25) is 0 Å². The van der Waals surface area contributed by atoms with Crippen LogP contribution in [0.15, 0.2) is 33.9 Å². The number of nitrogens with zero attached hydrogens (tertiary/aromatic N) is 4. The van der Waals surface area contributed by atoms with Crippen molar-refractivity contribution in [2.45, 2.75) is 95.1 Å². The van der Waals surface area contributed by atoms with Crippen molar-refractivity contribution in [1.82, 2.24) is 14.3 Å². The third-order valence-corrected chi connectivity index (χ3v) is 9.71. The van der Waals surface area contributed by atoms with Crippen LogP contribution in [-0.4, -0.2) is 14.3 Å². The van der Waals surface area contributed by atoms with E-state index in [4.69, 9.17) is 0 Å². The second-order valence-electron chi connectivity index (χ2n) is 12.6. The average molecular weight is 580 g/mol. The zero-order valence-electron chi connectivity index (χ0n) is 24.1. The third-order valence-electron chi connectivity index (χ3n) is 9.71. The van der Waals surface area contributed by atoms with Gasteiger partial charge in [0.25, 0.3) is 17.0 Å². The van der Waals surface area contributed by atoms with Gasteiger partial charge in [0.15, 0.2) is 5.82 Å². The first-order valence-corrected chi connectivity index (χ1v) is 15.0. The number of hydrogen-bond acceptors (Lipinski definition) is 5. The van der Waals surface area contributed by atoms with Crippen LogP contribution in [0.2, 0.25) is 0 Å². The lowest BCUT2D eigenvalue weighted by Crippen LogP contribution is -2.34. The zero-order valence-corrected chi connectivity index (χ0v) is 24.1. The monoisotopic (exact) mass is 579 g/mol. The Morgan fingerprint density at radius 3 is 2.48 bits per heavy atom. The fourth-order valence-corrected chi connectivity index (χ4v) is 6.90. The van der Waals surface area contributed by atoms with E-state index in [1.807, 2.05) is 0 Å². The van der Waals surface area contributed by atoms with Gasteiger partial charge >= 0.3 is 0 Å². The van der Waals surface area contributed by atoms with E-state index in [-0.39, 0.29) is 34.8 Å². The number of aryl methyl sites for hydroxylation is 2. The topological polar surface area (TPSA) is 92.7 Å². The van der Waals surface area contributed by atoms with Crippen LogP contribution < -0.4 is 16.4 Å². The molecule has 4 heterocycles. The Bertz CT molecular complexity index is 1700. The van der Waals surface area contributed by atoms with E-state index in [0.717, 1.165) is 42.9 Å². The van der Waals surface area contributed by atoms with Gasteiger partial charge in [-0.2, -0.15) is 10.4 Å². The van der Waals surface area contributed by atoms with E-state index >= 15 is 13.2 Å². The quantitative estimate of drug-likeness (QED) is 0.359. The number of nitrogens with one attached hydrogen (secondary N) is 1. The molecule has 222 valence electrons. The number of halogens is 3. The maximum Gasteiger partial charge on any atom is 0.291 e. The molecule has 2 saturated carbocycles. The Hall–Kier alpha value is -3.61. The molecule has 4 aliphatic rings. The maximum absolute atomic E-state index is 15.7. The van der Waals surface area contributed by atoms with Gasteiger partial charge in [-0.1, -0.05) is 37.5 Å². The molecular formula is C32H36F3N5O2. The molecule has 2 aliphatic heterocycles. The summed E-state index contributed by atoms with van der Waals surface area (Å²) < 4.78 is 49.0. The summed E-state index contributed by atoms with van der Waals surface area (Å²) >= 11 is 0. The molecular weight excluding hydrogens is 543 g/mol. The fourth-order valence-electron chi connectivity index (χ4n) is 6.90. The second kappa shape index (κ2) is 10.6. The van der Waals surface area contributed by atoms with Gasteiger partial charge in [0.05, 0.1) is 23.1 Å². The molecule has 0 spiro atoms. The molecule has 0 amide bonds.